The molecule has 138 valence electrons. The molecule has 0 spiro atoms. The Hall–Kier alpha value is -1.38. The zero-order valence-electron chi connectivity index (χ0n) is 14.3. The van der Waals surface area contributed by atoms with E-state index in [9.17, 15) is 13.2 Å². The van der Waals surface area contributed by atoms with Gasteiger partial charge in [-0.25, -0.2) is 17.7 Å². The predicted octanol–water partition coefficient (Wildman–Crippen LogP) is 1.06. The smallest absolute Gasteiger partial charge is 0.225 e. The first-order valence-corrected chi connectivity index (χ1v) is 10.7. The second-order valence-electron chi connectivity index (χ2n) is 6.57. The molecule has 2 fully saturated rings. The van der Waals surface area contributed by atoms with Crippen LogP contribution in [0.2, 0.25) is 5.15 Å². The van der Waals surface area contributed by atoms with Crippen LogP contribution in [-0.2, 0) is 14.8 Å². The number of anilines is 1. The highest BCUT2D eigenvalue weighted by Crippen LogP contribution is 2.23. The Morgan fingerprint density at radius 3 is 2.32 bits per heavy atom. The summed E-state index contributed by atoms with van der Waals surface area (Å²) < 4.78 is 24.6. The van der Waals surface area contributed by atoms with Crippen LogP contribution in [0.25, 0.3) is 0 Å². The van der Waals surface area contributed by atoms with Crippen LogP contribution in [0.5, 0.6) is 0 Å². The molecule has 1 aromatic rings. The standard InChI is InChI=1S/C16H23ClN4O3S/c1-25(23,24)21-7-5-13(6-8-21)16(22)20-11-9-19(10-12-20)15-4-2-3-14(17)18-15/h2-4,13H,5-12H2,1H3. The van der Waals surface area contributed by atoms with Crippen molar-refractivity contribution in [1.82, 2.24) is 14.2 Å². The summed E-state index contributed by atoms with van der Waals surface area (Å²) in [4.78, 5) is 21.0. The molecule has 2 aliphatic rings. The number of pyridine rings is 1. The zero-order valence-corrected chi connectivity index (χ0v) is 15.8. The van der Waals surface area contributed by atoms with Crippen LogP contribution in [0.4, 0.5) is 5.82 Å². The number of aromatic nitrogens is 1. The van der Waals surface area contributed by atoms with Crippen LogP contribution in [0.1, 0.15) is 12.8 Å². The maximum absolute atomic E-state index is 12.7. The molecule has 1 amide bonds. The Morgan fingerprint density at radius 1 is 1.12 bits per heavy atom. The van der Waals surface area contributed by atoms with Crippen molar-refractivity contribution in [2.45, 2.75) is 12.8 Å². The highest BCUT2D eigenvalue weighted by Gasteiger charge is 2.32. The molecule has 3 rings (SSSR count). The van der Waals surface area contributed by atoms with Crippen LogP contribution in [-0.4, -0.2) is 74.0 Å². The van der Waals surface area contributed by atoms with Gasteiger partial charge >= 0.3 is 0 Å². The normalized spacial score (nSPS) is 20.7. The maximum atomic E-state index is 12.7. The third-order valence-corrected chi connectivity index (χ3v) is 6.40. The molecular formula is C16H23ClN4O3S. The molecule has 0 saturated carbocycles. The van der Waals surface area contributed by atoms with Gasteiger partial charge in [0.05, 0.1) is 6.26 Å². The molecule has 0 atom stereocenters. The minimum absolute atomic E-state index is 0.0751. The van der Waals surface area contributed by atoms with Crippen LogP contribution in [0, 0.1) is 5.92 Å². The van der Waals surface area contributed by atoms with Gasteiger partial charge in [0.1, 0.15) is 11.0 Å². The van der Waals surface area contributed by atoms with E-state index in [1.807, 2.05) is 17.0 Å². The van der Waals surface area contributed by atoms with E-state index >= 15 is 0 Å². The second-order valence-corrected chi connectivity index (χ2v) is 8.94. The fourth-order valence-electron chi connectivity index (χ4n) is 3.42. The number of nitrogens with zero attached hydrogens (tertiary/aromatic N) is 4. The number of rotatable bonds is 3. The van der Waals surface area contributed by atoms with Gasteiger partial charge in [0, 0.05) is 45.2 Å². The summed E-state index contributed by atoms with van der Waals surface area (Å²) in [5.74, 6) is 0.904. The molecule has 0 radical (unpaired) electrons. The molecule has 0 aromatic carbocycles. The molecule has 2 saturated heterocycles. The Labute approximate surface area is 153 Å². The third-order valence-electron chi connectivity index (χ3n) is 4.89. The maximum Gasteiger partial charge on any atom is 0.225 e. The van der Waals surface area contributed by atoms with Crippen molar-refractivity contribution in [2.24, 2.45) is 5.92 Å². The highest BCUT2D eigenvalue weighted by molar-refractivity contribution is 7.88. The molecule has 25 heavy (non-hydrogen) atoms. The molecule has 2 aliphatic heterocycles. The van der Waals surface area contributed by atoms with Crippen molar-refractivity contribution < 1.29 is 13.2 Å². The van der Waals surface area contributed by atoms with E-state index in [1.54, 1.807) is 6.07 Å². The molecule has 0 N–H and O–H groups in total. The fourth-order valence-corrected chi connectivity index (χ4v) is 4.46. The van der Waals surface area contributed by atoms with Gasteiger partial charge in [0.15, 0.2) is 0 Å². The van der Waals surface area contributed by atoms with Crippen molar-refractivity contribution >= 4 is 33.3 Å². The number of amides is 1. The molecular weight excluding hydrogens is 364 g/mol. The number of piperazine rings is 1. The second kappa shape index (κ2) is 7.47. The van der Waals surface area contributed by atoms with Crippen LogP contribution >= 0.6 is 11.6 Å². The Balaban J connectivity index is 1.52. The van der Waals surface area contributed by atoms with E-state index in [0.717, 1.165) is 18.9 Å². The molecule has 0 unspecified atom stereocenters. The van der Waals surface area contributed by atoms with Crippen LogP contribution < -0.4 is 4.90 Å². The molecule has 3 heterocycles. The van der Waals surface area contributed by atoms with E-state index < -0.39 is 10.0 Å². The van der Waals surface area contributed by atoms with Gasteiger partial charge in [0.25, 0.3) is 0 Å². The topological polar surface area (TPSA) is 73.8 Å². The van der Waals surface area contributed by atoms with Crippen molar-refractivity contribution in [2.75, 3.05) is 50.4 Å². The fraction of sp³-hybridized carbons (Fsp3) is 0.625. The highest BCUT2D eigenvalue weighted by atomic mass is 35.5. The average Bonchev–Trinajstić information content (AvgIpc) is 2.61. The van der Waals surface area contributed by atoms with Gasteiger partial charge in [-0.2, -0.15) is 0 Å². The lowest BCUT2D eigenvalue weighted by Gasteiger charge is -2.38. The summed E-state index contributed by atoms with van der Waals surface area (Å²) in [5.41, 5.74) is 0. The van der Waals surface area contributed by atoms with Crippen LogP contribution in [0.3, 0.4) is 0 Å². The number of hydrogen-bond donors (Lipinski definition) is 0. The predicted molar refractivity (Wildman–Crippen MR) is 97.2 cm³/mol. The largest absolute Gasteiger partial charge is 0.353 e. The van der Waals surface area contributed by atoms with Gasteiger partial charge < -0.3 is 9.80 Å². The quantitative estimate of drug-likeness (QED) is 0.726. The SMILES string of the molecule is CS(=O)(=O)N1CCC(C(=O)N2CCN(c3cccc(Cl)n3)CC2)CC1. The van der Waals surface area contributed by atoms with E-state index in [4.69, 9.17) is 11.6 Å². The first kappa shape index (κ1) is 18.4. The van der Waals surface area contributed by atoms with Gasteiger partial charge in [-0.1, -0.05) is 17.7 Å². The number of hydrogen-bond acceptors (Lipinski definition) is 5. The minimum Gasteiger partial charge on any atom is -0.353 e. The van der Waals surface area contributed by atoms with Gasteiger partial charge in [-0.3, -0.25) is 4.79 Å². The summed E-state index contributed by atoms with van der Waals surface area (Å²) in [6.07, 6.45) is 2.42. The Morgan fingerprint density at radius 2 is 1.76 bits per heavy atom. The van der Waals surface area contributed by atoms with Gasteiger partial charge in [0.2, 0.25) is 15.9 Å². The van der Waals surface area contributed by atoms with E-state index in [1.165, 1.54) is 10.6 Å². The Bertz CT molecular complexity index is 727. The summed E-state index contributed by atoms with van der Waals surface area (Å²) >= 11 is 5.94. The first-order chi connectivity index (χ1) is 11.8. The zero-order chi connectivity index (χ0) is 18.0. The van der Waals surface area contributed by atoms with E-state index in [0.29, 0.717) is 44.2 Å². The van der Waals surface area contributed by atoms with Crippen molar-refractivity contribution in [3.8, 4) is 0 Å². The van der Waals surface area contributed by atoms with Gasteiger partial charge in [-0.05, 0) is 25.0 Å². The number of piperidine rings is 1. The van der Waals surface area contributed by atoms with Crippen molar-refractivity contribution in [1.29, 1.82) is 0 Å². The minimum atomic E-state index is -3.16. The first-order valence-electron chi connectivity index (χ1n) is 8.46. The lowest BCUT2D eigenvalue weighted by Crippen LogP contribution is -2.52. The van der Waals surface area contributed by atoms with Crippen LogP contribution in [0.15, 0.2) is 18.2 Å². The summed E-state index contributed by atoms with van der Waals surface area (Å²) in [6, 6.07) is 5.54. The van der Waals surface area contributed by atoms with Crippen molar-refractivity contribution in [3.05, 3.63) is 23.4 Å². The Kier molecular flexibility index (Phi) is 5.50. The third kappa shape index (κ3) is 4.43. The van der Waals surface area contributed by atoms with E-state index in [-0.39, 0.29) is 11.8 Å². The average molecular weight is 387 g/mol. The number of halogens is 1. The molecule has 7 nitrogen and oxygen atoms in total. The molecule has 1 aromatic heterocycles. The molecule has 0 aliphatic carbocycles. The summed E-state index contributed by atoms with van der Waals surface area (Å²) in [6.45, 7) is 3.62. The molecule has 0 bridgehead atoms. The lowest BCUT2D eigenvalue weighted by molar-refractivity contribution is -0.137. The number of carbonyl (C=O) groups excluding carboxylic acids is 1. The number of carbonyl (C=O) groups is 1. The van der Waals surface area contributed by atoms with Gasteiger partial charge in [-0.15, -0.1) is 0 Å². The van der Waals surface area contributed by atoms with Crippen molar-refractivity contribution in [3.63, 3.8) is 0 Å². The number of sulfonamides is 1. The summed E-state index contributed by atoms with van der Waals surface area (Å²) in [5, 5.41) is 0.466. The van der Waals surface area contributed by atoms with E-state index in [2.05, 4.69) is 9.88 Å². The lowest BCUT2D eigenvalue weighted by atomic mass is 9.96. The molecule has 9 heteroatoms. The monoisotopic (exact) mass is 386 g/mol. The summed E-state index contributed by atoms with van der Waals surface area (Å²) in [7, 11) is -3.16.